The van der Waals surface area contributed by atoms with Crippen LogP contribution < -0.4 is 9.62 Å². The molecule has 1 N–H and O–H groups in total. The van der Waals surface area contributed by atoms with Crippen molar-refractivity contribution in [3.63, 3.8) is 0 Å². The number of aryl methyl sites for hydroxylation is 1. The molecule has 10 heteroatoms. The molecule has 2 aromatic carbocycles. The van der Waals surface area contributed by atoms with Gasteiger partial charge in [0.05, 0.1) is 22.0 Å². The van der Waals surface area contributed by atoms with Gasteiger partial charge in [-0.15, -0.1) is 0 Å². The molecule has 0 aliphatic carbocycles. The molecule has 7 nitrogen and oxygen atoms in total. The van der Waals surface area contributed by atoms with E-state index in [1.54, 1.807) is 37.3 Å². The van der Waals surface area contributed by atoms with Crippen molar-refractivity contribution in [2.24, 2.45) is 5.92 Å². The van der Waals surface area contributed by atoms with Crippen LogP contribution in [0.25, 0.3) is 0 Å². The maximum absolute atomic E-state index is 13.6. The fourth-order valence-electron chi connectivity index (χ4n) is 3.47. The molecular weight excluding hydrogens is 509 g/mol. The second kappa shape index (κ2) is 12.1. The van der Waals surface area contributed by atoms with Gasteiger partial charge in [-0.3, -0.25) is 13.9 Å². The first-order chi connectivity index (χ1) is 16.2. The molecule has 0 aliphatic rings. The van der Waals surface area contributed by atoms with Crippen LogP contribution in [0.5, 0.6) is 0 Å². The van der Waals surface area contributed by atoms with Crippen molar-refractivity contribution in [1.29, 1.82) is 0 Å². The van der Waals surface area contributed by atoms with E-state index in [1.807, 2.05) is 33.8 Å². The normalized spacial score (nSPS) is 12.4. The Morgan fingerprint density at radius 1 is 1.03 bits per heavy atom. The summed E-state index contributed by atoms with van der Waals surface area (Å²) in [7, 11) is -3.79. The quantitative estimate of drug-likeness (QED) is 0.477. The molecule has 2 amide bonds. The van der Waals surface area contributed by atoms with Crippen molar-refractivity contribution in [2.75, 3.05) is 23.7 Å². The van der Waals surface area contributed by atoms with Gasteiger partial charge < -0.3 is 10.2 Å². The summed E-state index contributed by atoms with van der Waals surface area (Å²) in [5, 5.41) is 3.53. The number of rotatable bonds is 10. The zero-order valence-corrected chi connectivity index (χ0v) is 23.3. The molecule has 0 fully saturated rings. The summed E-state index contributed by atoms with van der Waals surface area (Å²) in [6, 6.07) is 9.39. The fourth-order valence-corrected chi connectivity index (χ4v) is 4.69. The van der Waals surface area contributed by atoms with Gasteiger partial charge in [-0.2, -0.15) is 0 Å². The molecule has 0 spiro atoms. The van der Waals surface area contributed by atoms with Crippen LogP contribution in [-0.2, 0) is 26.2 Å². The fraction of sp³-hybridized carbons (Fsp3) is 0.440. The largest absolute Gasteiger partial charge is 0.354 e. The summed E-state index contributed by atoms with van der Waals surface area (Å²) in [6.45, 7) is 9.30. The van der Waals surface area contributed by atoms with Gasteiger partial charge in [0.1, 0.15) is 12.6 Å². The number of hydrogen-bond acceptors (Lipinski definition) is 4. The zero-order valence-electron chi connectivity index (χ0n) is 20.9. The van der Waals surface area contributed by atoms with Crippen LogP contribution in [0, 0.1) is 19.8 Å². The van der Waals surface area contributed by atoms with E-state index in [9.17, 15) is 18.0 Å². The van der Waals surface area contributed by atoms with E-state index in [-0.39, 0.29) is 18.4 Å². The Kier molecular flexibility index (Phi) is 10.0. The van der Waals surface area contributed by atoms with E-state index >= 15 is 0 Å². The lowest BCUT2D eigenvalue weighted by atomic mass is 10.1. The van der Waals surface area contributed by atoms with Crippen molar-refractivity contribution in [2.45, 2.75) is 47.2 Å². The zero-order chi connectivity index (χ0) is 26.5. The third-order valence-corrected chi connectivity index (χ3v) is 7.58. The number of benzene rings is 2. The van der Waals surface area contributed by atoms with Gasteiger partial charge >= 0.3 is 0 Å². The highest BCUT2D eigenvalue weighted by Crippen LogP contribution is 2.26. The molecular formula is C25H33Cl2N3O4S. The lowest BCUT2D eigenvalue weighted by molar-refractivity contribution is -0.139. The van der Waals surface area contributed by atoms with Crippen LogP contribution in [0.15, 0.2) is 36.4 Å². The minimum atomic E-state index is -3.79. The number of nitrogens with zero attached hydrogens (tertiary/aromatic N) is 2. The van der Waals surface area contributed by atoms with Gasteiger partial charge in [0, 0.05) is 13.1 Å². The number of nitrogens with one attached hydrogen (secondary N) is 1. The summed E-state index contributed by atoms with van der Waals surface area (Å²) < 4.78 is 26.5. The van der Waals surface area contributed by atoms with E-state index in [0.717, 1.165) is 21.7 Å². The minimum Gasteiger partial charge on any atom is -0.354 e. The Morgan fingerprint density at radius 2 is 1.69 bits per heavy atom. The van der Waals surface area contributed by atoms with E-state index in [2.05, 4.69) is 5.32 Å². The van der Waals surface area contributed by atoms with Crippen LogP contribution in [0.4, 0.5) is 5.69 Å². The Labute approximate surface area is 218 Å². The number of carbonyl (C=O) groups excluding carboxylic acids is 2. The monoisotopic (exact) mass is 541 g/mol. The molecule has 0 bridgehead atoms. The minimum absolute atomic E-state index is 0.0520. The Hall–Kier alpha value is -2.29. The summed E-state index contributed by atoms with van der Waals surface area (Å²) in [4.78, 5) is 27.8. The van der Waals surface area contributed by atoms with Crippen molar-refractivity contribution < 1.29 is 18.0 Å². The molecule has 2 aromatic rings. The van der Waals surface area contributed by atoms with Gasteiger partial charge in [-0.05, 0) is 61.6 Å². The summed E-state index contributed by atoms with van der Waals surface area (Å²) in [5.41, 5.74) is 2.74. The third kappa shape index (κ3) is 7.85. The van der Waals surface area contributed by atoms with E-state index in [0.29, 0.717) is 27.8 Å². The molecule has 0 saturated carbocycles. The molecule has 0 heterocycles. The van der Waals surface area contributed by atoms with Crippen LogP contribution in [-0.4, -0.2) is 50.5 Å². The van der Waals surface area contributed by atoms with Crippen molar-refractivity contribution in [3.05, 3.63) is 63.1 Å². The first kappa shape index (κ1) is 28.9. The van der Waals surface area contributed by atoms with Crippen molar-refractivity contribution in [1.82, 2.24) is 10.2 Å². The maximum Gasteiger partial charge on any atom is 0.244 e. The van der Waals surface area contributed by atoms with Gasteiger partial charge in [0.25, 0.3) is 0 Å². The molecule has 0 saturated heterocycles. The number of halogens is 2. The summed E-state index contributed by atoms with van der Waals surface area (Å²) in [6.07, 6.45) is 1.06. The SMILES string of the molecule is Cc1cccc(N(CC(=O)N(Cc2ccc(Cl)c(Cl)c2)[C@@H](C)C(=O)NCC(C)C)S(C)(=O)=O)c1C. The predicted molar refractivity (Wildman–Crippen MR) is 142 cm³/mol. The third-order valence-electron chi connectivity index (χ3n) is 5.71. The molecule has 0 aliphatic heterocycles. The first-order valence-corrected chi connectivity index (χ1v) is 13.9. The van der Waals surface area contributed by atoms with Gasteiger partial charge in [-0.1, -0.05) is 55.2 Å². The second-order valence-corrected chi connectivity index (χ2v) is 11.8. The molecule has 192 valence electrons. The van der Waals surface area contributed by atoms with Crippen LogP contribution in [0.1, 0.15) is 37.5 Å². The number of hydrogen-bond donors (Lipinski definition) is 1. The van der Waals surface area contributed by atoms with E-state index < -0.39 is 28.5 Å². The number of anilines is 1. The topological polar surface area (TPSA) is 86.8 Å². The summed E-state index contributed by atoms with van der Waals surface area (Å²) in [5.74, 6) is -0.616. The molecule has 0 aromatic heterocycles. The lowest BCUT2D eigenvalue weighted by Gasteiger charge is -2.32. The van der Waals surface area contributed by atoms with Crippen molar-refractivity contribution >= 4 is 50.7 Å². The van der Waals surface area contributed by atoms with Crippen LogP contribution in [0.3, 0.4) is 0 Å². The Balaban J connectivity index is 2.43. The molecule has 35 heavy (non-hydrogen) atoms. The smallest absolute Gasteiger partial charge is 0.244 e. The second-order valence-electron chi connectivity index (χ2n) is 9.07. The van der Waals surface area contributed by atoms with E-state index in [1.165, 1.54) is 4.90 Å². The highest BCUT2D eigenvalue weighted by molar-refractivity contribution is 7.92. The molecule has 1 atom stereocenters. The number of amides is 2. The average Bonchev–Trinajstić information content (AvgIpc) is 2.77. The highest BCUT2D eigenvalue weighted by Gasteiger charge is 2.30. The van der Waals surface area contributed by atoms with Gasteiger partial charge in [0.2, 0.25) is 21.8 Å². The lowest BCUT2D eigenvalue weighted by Crippen LogP contribution is -2.51. The molecule has 0 radical (unpaired) electrons. The van der Waals surface area contributed by atoms with Crippen LogP contribution >= 0.6 is 23.2 Å². The summed E-state index contributed by atoms with van der Waals surface area (Å²) >= 11 is 12.2. The molecule has 0 unspecified atom stereocenters. The Bertz CT molecular complexity index is 1190. The Morgan fingerprint density at radius 3 is 2.26 bits per heavy atom. The first-order valence-electron chi connectivity index (χ1n) is 11.3. The standard InChI is InChI=1S/C25H33Cl2N3O4S/c1-16(2)13-28-25(32)19(5)29(14-20-10-11-21(26)22(27)12-20)24(31)15-30(35(6,33)34)23-9-7-8-17(3)18(23)4/h7-12,16,19H,13-15H2,1-6H3,(H,28,32)/t19-/m0/s1. The average molecular weight is 543 g/mol. The predicted octanol–water partition coefficient (Wildman–Crippen LogP) is 4.57. The van der Waals surface area contributed by atoms with Gasteiger partial charge in [0.15, 0.2) is 0 Å². The van der Waals surface area contributed by atoms with E-state index in [4.69, 9.17) is 23.2 Å². The number of sulfonamides is 1. The molecule has 2 rings (SSSR count). The number of carbonyl (C=O) groups is 2. The van der Waals surface area contributed by atoms with Gasteiger partial charge in [-0.25, -0.2) is 8.42 Å². The van der Waals surface area contributed by atoms with Crippen molar-refractivity contribution in [3.8, 4) is 0 Å². The van der Waals surface area contributed by atoms with Crippen LogP contribution in [0.2, 0.25) is 10.0 Å². The highest BCUT2D eigenvalue weighted by atomic mass is 35.5. The maximum atomic E-state index is 13.6.